The Labute approximate surface area is 202 Å². The van der Waals surface area contributed by atoms with E-state index in [4.69, 9.17) is 16.3 Å². The quantitative estimate of drug-likeness (QED) is 0.534. The topological polar surface area (TPSA) is 41.6 Å². The van der Waals surface area contributed by atoms with Gasteiger partial charge in [0.1, 0.15) is 6.10 Å². The van der Waals surface area contributed by atoms with Crippen LogP contribution in [0.15, 0.2) is 36.4 Å². The van der Waals surface area contributed by atoms with E-state index in [0.29, 0.717) is 23.5 Å². The van der Waals surface area contributed by atoms with Gasteiger partial charge in [0, 0.05) is 17.1 Å². The lowest BCUT2D eigenvalue weighted by atomic mass is 9.85. The van der Waals surface area contributed by atoms with Crippen LogP contribution in [0, 0.1) is 11.3 Å². The van der Waals surface area contributed by atoms with Crippen molar-refractivity contribution >= 4 is 17.7 Å². The molecule has 3 saturated heterocycles. The molecule has 4 nitrogen and oxygen atoms in total. The summed E-state index contributed by atoms with van der Waals surface area (Å²) in [5, 5.41) is 3.34. The molecule has 4 aliphatic rings. The Morgan fingerprint density at radius 3 is 2.53 bits per heavy atom. The zero-order chi connectivity index (χ0) is 24.3. The van der Waals surface area contributed by atoms with E-state index >= 15 is 0 Å². The van der Waals surface area contributed by atoms with Crippen LogP contribution >= 0.6 is 11.6 Å². The van der Waals surface area contributed by atoms with Crippen LogP contribution in [-0.4, -0.2) is 36.7 Å². The Morgan fingerprint density at radius 2 is 1.88 bits per heavy atom. The molecule has 1 aliphatic carbocycles. The molecule has 1 amide bonds. The van der Waals surface area contributed by atoms with E-state index in [1.165, 1.54) is 6.07 Å². The van der Waals surface area contributed by atoms with Crippen molar-refractivity contribution in [1.29, 1.82) is 0 Å². The number of rotatable bonds is 3. The van der Waals surface area contributed by atoms with Gasteiger partial charge in [-0.15, -0.1) is 0 Å². The molecule has 1 N–H and O–H groups in total. The predicted octanol–water partition coefficient (Wildman–Crippen LogP) is 6.47. The molecule has 1 unspecified atom stereocenters. The maximum absolute atomic E-state index is 13.2. The van der Waals surface area contributed by atoms with Crippen LogP contribution in [0.1, 0.15) is 49.4 Å². The molecule has 0 aromatic heterocycles. The van der Waals surface area contributed by atoms with Gasteiger partial charge in [-0.25, -0.2) is 4.79 Å². The number of alkyl carbamates (subject to hydrolysis) is 1. The van der Waals surface area contributed by atoms with Crippen LogP contribution in [-0.2, 0) is 17.3 Å². The molecule has 8 heteroatoms. The molecule has 2 bridgehead atoms. The number of benzene rings is 2. The van der Waals surface area contributed by atoms with Crippen LogP contribution in [0.25, 0.3) is 11.1 Å². The molecular weight excluding hydrogens is 465 g/mol. The monoisotopic (exact) mass is 492 g/mol. The molecule has 0 radical (unpaired) electrons. The second-order valence-corrected chi connectivity index (χ2v) is 10.8. The fraction of sp³-hybridized carbons (Fsp3) is 0.500. The minimum absolute atomic E-state index is 0.0723. The summed E-state index contributed by atoms with van der Waals surface area (Å²) in [6.45, 7) is 7.09. The largest absolute Gasteiger partial charge is 0.445 e. The van der Waals surface area contributed by atoms with E-state index in [1.807, 2.05) is 12.1 Å². The van der Waals surface area contributed by atoms with Gasteiger partial charge < -0.3 is 10.1 Å². The van der Waals surface area contributed by atoms with Gasteiger partial charge in [-0.05, 0) is 78.6 Å². The second-order valence-electron chi connectivity index (χ2n) is 10.4. The van der Waals surface area contributed by atoms with Gasteiger partial charge in [0.15, 0.2) is 0 Å². The first-order valence-corrected chi connectivity index (χ1v) is 12.1. The van der Waals surface area contributed by atoms with Crippen LogP contribution in [0.4, 0.5) is 18.0 Å². The normalized spacial score (nSPS) is 27.4. The van der Waals surface area contributed by atoms with E-state index < -0.39 is 17.8 Å². The molecular formula is C26H28ClF3N2O2. The summed E-state index contributed by atoms with van der Waals surface area (Å²) in [7, 11) is 0. The van der Waals surface area contributed by atoms with Crippen molar-refractivity contribution in [3.05, 3.63) is 58.1 Å². The Balaban J connectivity index is 1.36. The highest BCUT2D eigenvalue weighted by Gasteiger charge is 2.42. The molecule has 0 spiro atoms. The molecule has 0 saturated carbocycles. The van der Waals surface area contributed by atoms with Crippen LogP contribution in [0.5, 0.6) is 0 Å². The highest BCUT2D eigenvalue weighted by molar-refractivity contribution is 6.33. The minimum Gasteiger partial charge on any atom is -0.445 e. The molecule has 6 rings (SSSR count). The van der Waals surface area contributed by atoms with Gasteiger partial charge in [0.2, 0.25) is 0 Å². The fourth-order valence-electron chi connectivity index (χ4n) is 5.75. The Kier molecular flexibility index (Phi) is 5.84. The van der Waals surface area contributed by atoms with Crippen molar-refractivity contribution in [3.8, 4) is 11.1 Å². The smallest absolute Gasteiger partial charge is 0.416 e. The lowest BCUT2D eigenvalue weighted by Gasteiger charge is -2.44. The van der Waals surface area contributed by atoms with Crippen molar-refractivity contribution < 1.29 is 22.7 Å². The van der Waals surface area contributed by atoms with Crippen LogP contribution in [0.2, 0.25) is 5.02 Å². The second kappa shape index (κ2) is 8.45. The third-order valence-electron chi connectivity index (χ3n) is 7.60. The van der Waals surface area contributed by atoms with Crippen molar-refractivity contribution in [2.45, 2.75) is 51.4 Å². The van der Waals surface area contributed by atoms with E-state index in [2.05, 4.69) is 24.1 Å². The molecule has 2 atom stereocenters. The highest BCUT2D eigenvalue weighted by atomic mass is 35.5. The van der Waals surface area contributed by atoms with Crippen LogP contribution in [0.3, 0.4) is 0 Å². The molecule has 2 aromatic rings. The summed E-state index contributed by atoms with van der Waals surface area (Å²) in [4.78, 5) is 15.2. The number of alkyl halides is 3. The van der Waals surface area contributed by atoms with E-state index in [9.17, 15) is 18.0 Å². The Hall–Kier alpha value is -2.25. The minimum atomic E-state index is -4.44. The van der Waals surface area contributed by atoms with Crippen molar-refractivity contribution in [2.24, 2.45) is 11.3 Å². The lowest BCUT2D eigenvalue weighted by molar-refractivity contribution is -0.137. The van der Waals surface area contributed by atoms with E-state index in [-0.39, 0.29) is 22.6 Å². The number of fused-ring (bicyclic) bond motifs is 4. The zero-order valence-electron chi connectivity index (χ0n) is 19.2. The third kappa shape index (κ3) is 4.40. The molecule has 3 fully saturated rings. The summed E-state index contributed by atoms with van der Waals surface area (Å²) in [6, 6.07) is 8.66. The van der Waals surface area contributed by atoms with Crippen molar-refractivity contribution in [3.63, 3.8) is 0 Å². The Morgan fingerprint density at radius 1 is 1.15 bits per heavy atom. The maximum Gasteiger partial charge on any atom is 0.416 e. The number of piperidine rings is 3. The number of ether oxygens (including phenoxy) is 1. The Bertz CT molecular complexity index is 1110. The average molecular weight is 493 g/mol. The number of nitrogens with zero attached hydrogens (tertiary/aromatic N) is 1. The van der Waals surface area contributed by atoms with Gasteiger partial charge in [-0.3, -0.25) is 4.90 Å². The number of carbonyl (C=O) groups excluding carboxylic acids is 1. The van der Waals surface area contributed by atoms with E-state index in [0.717, 1.165) is 55.7 Å². The maximum atomic E-state index is 13.2. The summed E-state index contributed by atoms with van der Waals surface area (Å²) in [5.41, 5.74) is 1.91. The lowest BCUT2D eigenvalue weighted by Crippen LogP contribution is -2.53. The first-order chi connectivity index (χ1) is 16.0. The van der Waals surface area contributed by atoms with Crippen LogP contribution < -0.4 is 5.32 Å². The number of amides is 1. The average Bonchev–Trinajstić information content (AvgIpc) is 3.02. The number of nitrogens with one attached hydrogen (secondary N) is 1. The van der Waals surface area contributed by atoms with Gasteiger partial charge in [0.05, 0.1) is 11.6 Å². The summed E-state index contributed by atoms with van der Waals surface area (Å²) >= 11 is 6.26. The number of hydrogen-bond donors (Lipinski definition) is 1. The summed E-state index contributed by atoms with van der Waals surface area (Å²) < 4.78 is 45.5. The number of hydrogen-bond acceptors (Lipinski definition) is 3. The van der Waals surface area contributed by atoms with Gasteiger partial charge in [-0.2, -0.15) is 13.2 Å². The molecule has 2 aromatic carbocycles. The summed E-state index contributed by atoms with van der Waals surface area (Å²) in [5.74, 6) is 0.430. The standard InChI is InChI=1S/C26H28ClF3N2O2/c1-25(2)13-17-11-16(20-12-18(26(28,29)30)4-6-21(20)27)3-5-19(17)23(25)31-24(33)34-22-14-32-9-7-15(22)8-10-32/h3-6,11-12,15,22-23H,7-10,13-14H2,1-2H3,(H,31,33)/t22-,23?/m1/s1. The first kappa shape index (κ1) is 23.5. The fourth-order valence-corrected chi connectivity index (χ4v) is 5.98. The number of halogens is 4. The summed E-state index contributed by atoms with van der Waals surface area (Å²) in [6.07, 6.45) is -2.11. The van der Waals surface area contributed by atoms with Gasteiger partial charge in [-0.1, -0.05) is 43.6 Å². The van der Waals surface area contributed by atoms with Crippen molar-refractivity contribution in [2.75, 3.05) is 19.6 Å². The van der Waals surface area contributed by atoms with Gasteiger partial charge in [0.25, 0.3) is 0 Å². The molecule has 182 valence electrons. The molecule has 3 heterocycles. The van der Waals surface area contributed by atoms with Gasteiger partial charge >= 0.3 is 12.3 Å². The molecule has 34 heavy (non-hydrogen) atoms. The molecule has 3 aliphatic heterocycles. The number of carbonyl (C=O) groups is 1. The third-order valence-corrected chi connectivity index (χ3v) is 7.93. The highest BCUT2D eigenvalue weighted by Crippen LogP contribution is 2.47. The SMILES string of the molecule is CC1(C)Cc2cc(-c3cc(C(F)(F)F)ccc3Cl)ccc2C1NC(=O)O[C@@H]1CN2CCC1CC2. The van der Waals surface area contributed by atoms with E-state index in [1.54, 1.807) is 6.07 Å². The van der Waals surface area contributed by atoms with Crippen molar-refractivity contribution in [1.82, 2.24) is 10.2 Å². The predicted molar refractivity (Wildman–Crippen MR) is 125 cm³/mol. The zero-order valence-corrected chi connectivity index (χ0v) is 20.0. The first-order valence-electron chi connectivity index (χ1n) is 11.7.